The number of nitrogens with zero attached hydrogens (tertiary/aromatic N) is 3. The lowest BCUT2D eigenvalue weighted by atomic mass is 9.85. The molecule has 6 heteroatoms. The molecular weight excluding hydrogens is 222 g/mol. The van der Waals surface area contributed by atoms with Crippen molar-refractivity contribution in [1.82, 2.24) is 14.5 Å². The number of hydrazine groups is 1. The van der Waals surface area contributed by atoms with Gasteiger partial charge >= 0.3 is 0 Å². The molecular formula is C10H19N5S. The highest BCUT2D eigenvalue weighted by Crippen LogP contribution is 2.28. The first-order chi connectivity index (χ1) is 7.83. The summed E-state index contributed by atoms with van der Waals surface area (Å²) in [6, 6.07) is 0. The Kier molecular flexibility index (Phi) is 4.09. The summed E-state index contributed by atoms with van der Waals surface area (Å²) in [5, 5.41) is 4.99. The Hall–Kier alpha value is -0.720. The van der Waals surface area contributed by atoms with Crippen molar-refractivity contribution < 1.29 is 0 Å². The first-order valence-electron chi connectivity index (χ1n) is 5.83. The van der Waals surface area contributed by atoms with Crippen LogP contribution in [0.15, 0.2) is 0 Å². The van der Waals surface area contributed by atoms with Gasteiger partial charge in [0.25, 0.3) is 0 Å². The van der Waals surface area contributed by atoms with Gasteiger partial charge in [0, 0.05) is 24.6 Å². The SMILES string of the molecule is CCN(Cc1nnsc1NN)CC1CCC1. The largest absolute Gasteiger partial charge is 0.313 e. The van der Waals surface area contributed by atoms with Crippen LogP contribution in [0.5, 0.6) is 0 Å². The zero-order valence-electron chi connectivity index (χ0n) is 9.65. The minimum absolute atomic E-state index is 0.850. The van der Waals surface area contributed by atoms with Crippen LogP contribution in [-0.2, 0) is 6.54 Å². The predicted octanol–water partition coefficient (Wildman–Crippen LogP) is 1.45. The van der Waals surface area contributed by atoms with Gasteiger partial charge in [0.2, 0.25) is 0 Å². The second-order valence-corrected chi connectivity index (χ2v) is 5.07. The van der Waals surface area contributed by atoms with E-state index in [1.165, 1.54) is 37.3 Å². The topological polar surface area (TPSA) is 67.1 Å². The standard InChI is InChI=1S/C10H19N5S/c1-2-15(6-8-4-3-5-8)7-9-10(12-11)16-14-13-9/h8,12H,2-7,11H2,1H3. The van der Waals surface area contributed by atoms with Crippen LogP contribution in [0.2, 0.25) is 0 Å². The Morgan fingerprint density at radius 1 is 1.56 bits per heavy atom. The van der Waals surface area contributed by atoms with Crippen LogP contribution >= 0.6 is 11.5 Å². The molecule has 90 valence electrons. The maximum Gasteiger partial charge on any atom is 0.148 e. The first kappa shape index (κ1) is 11.8. The lowest BCUT2D eigenvalue weighted by Gasteiger charge is -2.31. The van der Waals surface area contributed by atoms with Crippen LogP contribution in [0.25, 0.3) is 0 Å². The molecule has 1 aromatic heterocycles. The van der Waals surface area contributed by atoms with E-state index in [9.17, 15) is 0 Å². The summed E-state index contributed by atoms with van der Waals surface area (Å²) in [5.41, 5.74) is 3.62. The highest BCUT2D eigenvalue weighted by atomic mass is 32.1. The molecule has 1 aliphatic rings. The van der Waals surface area contributed by atoms with E-state index in [0.29, 0.717) is 0 Å². The van der Waals surface area contributed by atoms with Crippen molar-refractivity contribution in [1.29, 1.82) is 0 Å². The smallest absolute Gasteiger partial charge is 0.148 e. The fourth-order valence-corrected chi connectivity index (χ4v) is 2.46. The van der Waals surface area contributed by atoms with E-state index in [0.717, 1.165) is 29.7 Å². The first-order valence-corrected chi connectivity index (χ1v) is 6.61. The molecule has 16 heavy (non-hydrogen) atoms. The molecule has 0 radical (unpaired) electrons. The monoisotopic (exact) mass is 241 g/mol. The molecule has 0 amide bonds. The molecule has 1 fully saturated rings. The highest BCUT2D eigenvalue weighted by Gasteiger charge is 2.21. The average Bonchev–Trinajstić information content (AvgIpc) is 2.68. The van der Waals surface area contributed by atoms with Crippen molar-refractivity contribution >= 4 is 16.5 Å². The Labute approximate surface area is 100 Å². The molecule has 0 spiro atoms. The van der Waals surface area contributed by atoms with E-state index in [2.05, 4.69) is 26.8 Å². The number of nitrogen functional groups attached to an aromatic ring is 1. The molecule has 1 heterocycles. The maximum absolute atomic E-state index is 5.41. The number of aromatic nitrogens is 2. The normalized spacial score (nSPS) is 16.4. The molecule has 0 atom stereocenters. The van der Waals surface area contributed by atoms with Gasteiger partial charge in [0.1, 0.15) is 10.7 Å². The summed E-state index contributed by atoms with van der Waals surface area (Å²) in [6.07, 6.45) is 4.16. The summed E-state index contributed by atoms with van der Waals surface area (Å²) in [5.74, 6) is 6.30. The molecule has 1 saturated carbocycles. The van der Waals surface area contributed by atoms with Gasteiger partial charge in [-0.1, -0.05) is 17.8 Å². The van der Waals surface area contributed by atoms with Crippen molar-refractivity contribution in [3.8, 4) is 0 Å². The molecule has 0 aromatic carbocycles. The summed E-state index contributed by atoms with van der Waals surface area (Å²) < 4.78 is 3.92. The zero-order chi connectivity index (χ0) is 11.4. The van der Waals surface area contributed by atoms with Crippen LogP contribution in [0.3, 0.4) is 0 Å². The lowest BCUT2D eigenvalue weighted by Crippen LogP contribution is -2.32. The quantitative estimate of drug-likeness (QED) is 0.583. The summed E-state index contributed by atoms with van der Waals surface area (Å²) in [4.78, 5) is 2.42. The van der Waals surface area contributed by atoms with Gasteiger partial charge in [0.05, 0.1) is 0 Å². The molecule has 0 unspecified atom stereocenters. The molecule has 0 bridgehead atoms. The third kappa shape index (κ3) is 2.69. The van der Waals surface area contributed by atoms with Crippen molar-refractivity contribution in [2.75, 3.05) is 18.5 Å². The maximum atomic E-state index is 5.41. The minimum Gasteiger partial charge on any atom is -0.313 e. The van der Waals surface area contributed by atoms with Crippen LogP contribution in [0.4, 0.5) is 5.00 Å². The number of hydrogen-bond acceptors (Lipinski definition) is 6. The van der Waals surface area contributed by atoms with Gasteiger partial charge in [0.15, 0.2) is 0 Å². The molecule has 0 saturated heterocycles. The van der Waals surface area contributed by atoms with E-state index in [1.54, 1.807) is 0 Å². The van der Waals surface area contributed by atoms with Gasteiger partial charge in [-0.2, -0.15) is 0 Å². The summed E-state index contributed by atoms with van der Waals surface area (Å²) in [7, 11) is 0. The van der Waals surface area contributed by atoms with Crippen LogP contribution < -0.4 is 11.3 Å². The van der Waals surface area contributed by atoms with Gasteiger partial charge in [-0.3, -0.25) is 4.90 Å². The van der Waals surface area contributed by atoms with E-state index >= 15 is 0 Å². The second kappa shape index (κ2) is 5.56. The van der Waals surface area contributed by atoms with Crippen LogP contribution in [0, 0.1) is 5.92 Å². The number of nitrogens with one attached hydrogen (secondary N) is 1. The summed E-state index contributed by atoms with van der Waals surface area (Å²) in [6.45, 7) is 5.27. The average molecular weight is 241 g/mol. The van der Waals surface area contributed by atoms with Gasteiger partial charge < -0.3 is 5.43 Å². The Balaban J connectivity index is 1.89. The Bertz CT molecular complexity index is 323. The minimum atomic E-state index is 0.850. The number of anilines is 1. The molecule has 0 aliphatic heterocycles. The molecule has 5 nitrogen and oxygen atoms in total. The van der Waals surface area contributed by atoms with E-state index < -0.39 is 0 Å². The predicted molar refractivity (Wildman–Crippen MR) is 66.0 cm³/mol. The summed E-state index contributed by atoms with van der Waals surface area (Å²) >= 11 is 1.32. The van der Waals surface area contributed by atoms with Gasteiger partial charge in [-0.25, -0.2) is 5.84 Å². The molecule has 3 N–H and O–H groups in total. The lowest BCUT2D eigenvalue weighted by molar-refractivity contribution is 0.177. The van der Waals surface area contributed by atoms with Crippen LogP contribution in [0.1, 0.15) is 31.9 Å². The third-order valence-electron chi connectivity index (χ3n) is 3.25. The van der Waals surface area contributed by atoms with E-state index in [1.807, 2.05) is 0 Å². The Morgan fingerprint density at radius 3 is 2.94 bits per heavy atom. The number of nitrogens with two attached hydrogens (primary N) is 1. The van der Waals surface area contributed by atoms with Gasteiger partial charge in [-0.05, 0) is 25.3 Å². The fourth-order valence-electron chi connectivity index (χ4n) is 1.98. The fraction of sp³-hybridized carbons (Fsp3) is 0.800. The molecule has 2 rings (SSSR count). The van der Waals surface area contributed by atoms with E-state index in [4.69, 9.17) is 5.84 Å². The zero-order valence-corrected chi connectivity index (χ0v) is 10.5. The number of hydrogen-bond donors (Lipinski definition) is 2. The van der Waals surface area contributed by atoms with Crippen molar-refractivity contribution in [2.45, 2.75) is 32.7 Å². The molecule has 1 aromatic rings. The van der Waals surface area contributed by atoms with Crippen molar-refractivity contribution in [2.24, 2.45) is 11.8 Å². The third-order valence-corrected chi connectivity index (χ3v) is 3.95. The van der Waals surface area contributed by atoms with Crippen molar-refractivity contribution in [3.05, 3.63) is 5.69 Å². The second-order valence-electron chi connectivity index (χ2n) is 4.32. The highest BCUT2D eigenvalue weighted by molar-refractivity contribution is 7.10. The molecule has 1 aliphatic carbocycles. The van der Waals surface area contributed by atoms with Crippen LogP contribution in [-0.4, -0.2) is 27.6 Å². The number of rotatable bonds is 6. The Morgan fingerprint density at radius 2 is 2.38 bits per heavy atom. The van der Waals surface area contributed by atoms with E-state index in [-0.39, 0.29) is 0 Å². The van der Waals surface area contributed by atoms with Gasteiger partial charge in [-0.15, -0.1) is 5.10 Å². The van der Waals surface area contributed by atoms with Crippen molar-refractivity contribution in [3.63, 3.8) is 0 Å².